The molecule has 1 aliphatic heterocycles. The predicted octanol–water partition coefficient (Wildman–Crippen LogP) is 4.14. The van der Waals surface area contributed by atoms with Crippen LogP contribution in [0.15, 0.2) is 35.2 Å². The standard InChI is InChI=1S/C22H24F4N2O4S/c1-22(30)7-3-2-4-8-28(13-22)33(31,32)19-9-14(5-6-15(19)12-23)21(29)27-16-10-17(24)20(26)18(25)11-16/h5-6,9-11,30H,2-4,7-8,12-13H2,1H3,(H,27,29). The molecule has 0 aliphatic carbocycles. The molecule has 2 aromatic carbocycles. The Labute approximate surface area is 189 Å². The van der Waals surface area contributed by atoms with Crippen LogP contribution in [0.2, 0.25) is 0 Å². The molecule has 33 heavy (non-hydrogen) atoms. The van der Waals surface area contributed by atoms with Crippen molar-refractivity contribution >= 4 is 21.6 Å². The maximum absolute atomic E-state index is 13.6. The van der Waals surface area contributed by atoms with Crippen LogP contribution in [0.1, 0.15) is 48.5 Å². The smallest absolute Gasteiger partial charge is 0.255 e. The summed E-state index contributed by atoms with van der Waals surface area (Å²) in [5, 5.41) is 12.7. The quantitative estimate of drug-likeness (QED) is 0.489. The molecule has 0 bridgehead atoms. The van der Waals surface area contributed by atoms with Crippen LogP contribution in [0.25, 0.3) is 0 Å². The topological polar surface area (TPSA) is 86.7 Å². The lowest BCUT2D eigenvalue weighted by molar-refractivity contribution is 0.0240. The molecule has 1 amide bonds. The number of anilines is 1. The molecule has 1 saturated heterocycles. The first-order valence-electron chi connectivity index (χ1n) is 10.3. The molecule has 1 aliphatic rings. The second-order valence-corrected chi connectivity index (χ2v) is 10.2. The van der Waals surface area contributed by atoms with Crippen molar-refractivity contribution in [1.29, 1.82) is 0 Å². The molecule has 0 spiro atoms. The molecule has 1 fully saturated rings. The van der Waals surface area contributed by atoms with E-state index >= 15 is 0 Å². The number of carbonyl (C=O) groups excluding carboxylic acids is 1. The van der Waals surface area contributed by atoms with E-state index < -0.39 is 50.6 Å². The number of aliphatic hydroxyl groups is 1. The van der Waals surface area contributed by atoms with Gasteiger partial charge in [-0.15, -0.1) is 0 Å². The van der Waals surface area contributed by atoms with Crippen molar-refractivity contribution in [2.45, 2.75) is 49.8 Å². The minimum absolute atomic E-state index is 0.120. The minimum Gasteiger partial charge on any atom is -0.389 e. The predicted molar refractivity (Wildman–Crippen MR) is 113 cm³/mol. The average molecular weight is 489 g/mol. The van der Waals surface area contributed by atoms with Gasteiger partial charge in [0.2, 0.25) is 10.0 Å². The highest BCUT2D eigenvalue weighted by atomic mass is 32.2. The van der Waals surface area contributed by atoms with Gasteiger partial charge in [-0.2, -0.15) is 4.31 Å². The number of carbonyl (C=O) groups is 1. The second kappa shape index (κ2) is 9.78. The summed E-state index contributed by atoms with van der Waals surface area (Å²) in [6, 6.07) is 4.43. The normalized spacial score (nSPS) is 20.2. The van der Waals surface area contributed by atoms with Gasteiger partial charge in [-0.05, 0) is 31.9 Å². The summed E-state index contributed by atoms with van der Waals surface area (Å²) < 4.78 is 81.4. The van der Waals surface area contributed by atoms with Gasteiger partial charge in [-0.3, -0.25) is 4.79 Å². The van der Waals surface area contributed by atoms with E-state index in [1.165, 1.54) is 13.0 Å². The summed E-state index contributed by atoms with van der Waals surface area (Å²) in [6.07, 6.45) is 2.42. The van der Waals surface area contributed by atoms with Gasteiger partial charge in [0.15, 0.2) is 17.5 Å². The number of amides is 1. The molecule has 180 valence electrons. The first kappa shape index (κ1) is 25.1. The summed E-state index contributed by atoms with van der Waals surface area (Å²) in [7, 11) is -4.28. The fourth-order valence-electron chi connectivity index (χ4n) is 3.73. The summed E-state index contributed by atoms with van der Waals surface area (Å²) in [5.41, 5.74) is -2.04. The van der Waals surface area contributed by atoms with E-state index in [4.69, 9.17) is 0 Å². The molecule has 2 N–H and O–H groups in total. The van der Waals surface area contributed by atoms with Gasteiger partial charge >= 0.3 is 0 Å². The average Bonchev–Trinajstić information content (AvgIpc) is 2.74. The molecule has 0 aromatic heterocycles. The first-order chi connectivity index (χ1) is 15.4. The lowest BCUT2D eigenvalue weighted by Gasteiger charge is -2.33. The third kappa shape index (κ3) is 5.71. The molecular formula is C22H24F4N2O4S. The summed E-state index contributed by atoms with van der Waals surface area (Å²) in [6.45, 7) is 0.344. The third-order valence-corrected chi connectivity index (χ3v) is 7.40. The van der Waals surface area contributed by atoms with Crippen LogP contribution < -0.4 is 5.32 Å². The molecule has 6 nitrogen and oxygen atoms in total. The highest BCUT2D eigenvalue weighted by Crippen LogP contribution is 2.28. The van der Waals surface area contributed by atoms with E-state index in [2.05, 4.69) is 5.32 Å². The van der Waals surface area contributed by atoms with Gasteiger partial charge in [0.1, 0.15) is 6.67 Å². The maximum Gasteiger partial charge on any atom is 0.255 e. The van der Waals surface area contributed by atoms with E-state index in [1.807, 2.05) is 0 Å². The number of alkyl halides is 1. The Morgan fingerprint density at radius 2 is 1.79 bits per heavy atom. The van der Waals surface area contributed by atoms with E-state index in [-0.39, 0.29) is 29.9 Å². The summed E-state index contributed by atoms with van der Waals surface area (Å²) in [5.74, 6) is -5.64. The van der Waals surface area contributed by atoms with Crippen LogP contribution in [0.4, 0.5) is 23.2 Å². The van der Waals surface area contributed by atoms with Crippen molar-refractivity contribution in [3.05, 3.63) is 58.9 Å². The van der Waals surface area contributed by atoms with Crippen LogP contribution >= 0.6 is 0 Å². The summed E-state index contributed by atoms with van der Waals surface area (Å²) in [4.78, 5) is 12.1. The van der Waals surface area contributed by atoms with Gasteiger partial charge in [0.05, 0.1) is 10.5 Å². The van der Waals surface area contributed by atoms with E-state index in [9.17, 15) is 35.9 Å². The van der Waals surface area contributed by atoms with Crippen LogP contribution in [-0.4, -0.2) is 42.4 Å². The Kier molecular flexibility index (Phi) is 7.45. The third-order valence-electron chi connectivity index (χ3n) is 5.47. The van der Waals surface area contributed by atoms with Crippen molar-refractivity contribution in [3.63, 3.8) is 0 Å². The number of nitrogens with one attached hydrogen (secondary N) is 1. The number of hydrogen-bond acceptors (Lipinski definition) is 4. The van der Waals surface area contributed by atoms with Gasteiger partial charge in [0, 0.05) is 42.0 Å². The SMILES string of the molecule is CC1(O)CCCCCN(S(=O)(=O)c2cc(C(=O)Nc3cc(F)c(F)c(F)c3)ccc2CF)C1. The second-order valence-electron chi connectivity index (χ2n) is 8.31. The first-order valence-corrected chi connectivity index (χ1v) is 11.8. The van der Waals surface area contributed by atoms with E-state index in [0.717, 1.165) is 22.9 Å². The van der Waals surface area contributed by atoms with Gasteiger partial charge in [0.25, 0.3) is 5.91 Å². The number of β-amino-alcohol motifs (C(OH)–C–C–N with tert-alkyl or cyclic N) is 1. The number of hydrogen-bond donors (Lipinski definition) is 2. The molecule has 11 heteroatoms. The van der Waals surface area contributed by atoms with E-state index in [0.29, 0.717) is 31.4 Å². The Morgan fingerprint density at radius 3 is 2.42 bits per heavy atom. The molecular weight excluding hydrogens is 464 g/mol. The zero-order valence-corrected chi connectivity index (χ0v) is 18.7. The van der Waals surface area contributed by atoms with Crippen molar-refractivity contribution in [1.82, 2.24) is 4.31 Å². The monoisotopic (exact) mass is 488 g/mol. The zero-order chi connectivity index (χ0) is 24.4. The Morgan fingerprint density at radius 1 is 1.12 bits per heavy atom. The Bertz CT molecular complexity index is 1130. The molecule has 0 radical (unpaired) electrons. The molecule has 1 atom stereocenters. The Balaban J connectivity index is 1.95. The van der Waals surface area contributed by atoms with Gasteiger partial charge in [-0.25, -0.2) is 26.0 Å². The Hall–Kier alpha value is -2.50. The van der Waals surface area contributed by atoms with Crippen LogP contribution in [0.5, 0.6) is 0 Å². The van der Waals surface area contributed by atoms with E-state index in [1.54, 1.807) is 0 Å². The fourth-order valence-corrected chi connectivity index (χ4v) is 5.56. The van der Waals surface area contributed by atoms with Crippen molar-refractivity contribution in [2.75, 3.05) is 18.4 Å². The van der Waals surface area contributed by atoms with Crippen molar-refractivity contribution in [2.24, 2.45) is 0 Å². The highest BCUT2D eigenvalue weighted by molar-refractivity contribution is 7.89. The lowest BCUT2D eigenvalue weighted by Crippen LogP contribution is -2.45. The van der Waals surface area contributed by atoms with Crippen molar-refractivity contribution < 1.29 is 35.9 Å². The lowest BCUT2D eigenvalue weighted by atomic mass is 9.96. The molecule has 1 heterocycles. The number of halogens is 4. The minimum atomic E-state index is -4.28. The van der Waals surface area contributed by atoms with Crippen LogP contribution in [0.3, 0.4) is 0 Å². The number of sulfonamides is 1. The summed E-state index contributed by atoms with van der Waals surface area (Å²) >= 11 is 0. The van der Waals surface area contributed by atoms with Crippen LogP contribution in [0, 0.1) is 17.5 Å². The largest absolute Gasteiger partial charge is 0.389 e. The highest BCUT2D eigenvalue weighted by Gasteiger charge is 2.34. The zero-order valence-electron chi connectivity index (χ0n) is 17.9. The molecule has 2 aromatic rings. The molecule has 1 unspecified atom stereocenters. The molecule has 0 saturated carbocycles. The molecule has 3 rings (SSSR count). The van der Waals surface area contributed by atoms with Gasteiger partial charge in [-0.1, -0.05) is 18.9 Å². The number of nitrogens with zero attached hydrogens (tertiary/aromatic N) is 1. The van der Waals surface area contributed by atoms with Gasteiger partial charge < -0.3 is 10.4 Å². The number of benzene rings is 2. The van der Waals surface area contributed by atoms with Crippen LogP contribution in [-0.2, 0) is 16.7 Å². The maximum atomic E-state index is 13.6. The van der Waals surface area contributed by atoms with Crippen molar-refractivity contribution in [3.8, 4) is 0 Å². The fraction of sp³-hybridized carbons (Fsp3) is 0.409. The number of rotatable bonds is 5.